The van der Waals surface area contributed by atoms with E-state index >= 15 is 0 Å². The lowest BCUT2D eigenvalue weighted by Crippen LogP contribution is -2.28. The average Bonchev–Trinajstić information content (AvgIpc) is 2.71. The molecule has 1 saturated heterocycles. The molecule has 1 aromatic heterocycles. The Morgan fingerprint density at radius 2 is 2.46 bits per heavy atom. The average molecular weight is 194 g/mol. The highest BCUT2D eigenvalue weighted by atomic mass is 32.2. The summed E-state index contributed by atoms with van der Waals surface area (Å²) in [6.45, 7) is 0.847. The van der Waals surface area contributed by atoms with Gasteiger partial charge in [-0.15, -0.1) is 11.8 Å². The van der Waals surface area contributed by atoms with Crippen LogP contribution in [0.1, 0.15) is 10.5 Å². The van der Waals surface area contributed by atoms with Crippen molar-refractivity contribution in [2.45, 2.75) is 0 Å². The Bertz CT molecular complexity index is 296. The number of carbonyl (C=O) groups is 1. The molecule has 0 aliphatic carbocycles. The molecule has 0 saturated carbocycles. The quantitative estimate of drug-likeness (QED) is 0.674. The molecule has 2 rings (SSSR count). The third-order valence-corrected chi connectivity index (χ3v) is 2.89. The number of rotatable bonds is 1. The van der Waals surface area contributed by atoms with Crippen LogP contribution in [0.3, 0.4) is 0 Å². The van der Waals surface area contributed by atoms with Crippen LogP contribution in [-0.4, -0.2) is 34.0 Å². The van der Waals surface area contributed by atoms with Crippen molar-refractivity contribution in [2.24, 2.45) is 0 Å². The van der Waals surface area contributed by atoms with Crippen molar-refractivity contribution in [3.8, 4) is 0 Å². The van der Waals surface area contributed by atoms with Gasteiger partial charge in [-0.25, -0.2) is 0 Å². The van der Waals surface area contributed by atoms with Gasteiger partial charge in [0.25, 0.3) is 5.91 Å². The van der Waals surface area contributed by atoms with Gasteiger partial charge in [0, 0.05) is 18.5 Å². The van der Waals surface area contributed by atoms with Gasteiger partial charge in [-0.2, -0.15) is 0 Å². The first-order valence-electron chi connectivity index (χ1n) is 4.16. The van der Waals surface area contributed by atoms with Gasteiger partial charge in [0.1, 0.15) is 5.69 Å². The number of thioether (sulfide) groups is 1. The first kappa shape index (κ1) is 8.56. The molecule has 0 unspecified atom stereocenters. The zero-order chi connectivity index (χ0) is 9.10. The van der Waals surface area contributed by atoms with E-state index in [9.17, 15) is 4.79 Å². The van der Waals surface area contributed by atoms with Gasteiger partial charge < -0.3 is 4.90 Å². The number of nitrogens with zero attached hydrogens (tertiary/aromatic N) is 2. The van der Waals surface area contributed by atoms with Crippen LogP contribution in [0.15, 0.2) is 24.4 Å². The molecule has 1 amide bonds. The lowest BCUT2D eigenvalue weighted by Gasteiger charge is -2.12. The summed E-state index contributed by atoms with van der Waals surface area (Å²) < 4.78 is 0. The van der Waals surface area contributed by atoms with Crippen LogP contribution < -0.4 is 0 Å². The Balaban J connectivity index is 2.13. The molecule has 0 bridgehead atoms. The zero-order valence-corrected chi connectivity index (χ0v) is 7.96. The summed E-state index contributed by atoms with van der Waals surface area (Å²) in [5.74, 6) is 1.89. The van der Waals surface area contributed by atoms with Gasteiger partial charge in [-0.1, -0.05) is 6.07 Å². The van der Waals surface area contributed by atoms with Gasteiger partial charge >= 0.3 is 0 Å². The maximum atomic E-state index is 11.7. The molecule has 1 aliphatic rings. The van der Waals surface area contributed by atoms with E-state index in [1.54, 1.807) is 24.0 Å². The normalized spacial score (nSPS) is 16.2. The number of amides is 1. The smallest absolute Gasteiger partial charge is 0.273 e. The van der Waals surface area contributed by atoms with Crippen molar-refractivity contribution in [1.82, 2.24) is 9.88 Å². The first-order chi connectivity index (χ1) is 6.38. The van der Waals surface area contributed by atoms with Gasteiger partial charge in [0.05, 0.1) is 5.88 Å². The molecule has 1 fully saturated rings. The predicted molar refractivity (Wildman–Crippen MR) is 52.6 cm³/mol. The lowest BCUT2D eigenvalue weighted by atomic mass is 10.3. The van der Waals surface area contributed by atoms with E-state index in [1.807, 2.05) is 17.0 Å². The number of carbonyl (C=O) groups excluding carboxylic acids is 1. The maximum absolute atomic E-state index is 11.7. The fourth-order valence-electron chi connectivity index (χ4n) is 1.23. The van der Waals surface area contributed by atoms with Crippen molar-refractivity contribution < 1.29 is 4.79 Å². The van der Waals surface area contributed by atoms with E-state index in [0.29, 0.717) is 5.69 Å². The van der Waals surface area contributed by atoms with Crippen LogP contribution in [0.2, 0.25) is 0 Å². The van der Waals surface area contributed by atoms with Crippen molar-refractivity contribution in [2.75, 3.05) is 18.2 Å². The summed E-state index contributed by atoms with van der Waals surface area (Å²) in [6.07, 6.45) is 1.65. The summed E-state index contributed by atoms with van der Waals surface area (Å²) in [5.41, 5.74) is 0.546. The van der Waals surface area contributed by atoms with Crippen molar-refractivity contribution in [3.05, 3.63) is 30.1 Å². The van der Waals surface area contributed by atoms with Crippen molar-refractivity contribution >= 4 is 17.7 Å². The van der Waals surface area contributed by atoms with Crippen molar-refractivity contribution in [1.29, 1.82) is 0 Å². The molecule has 1 aromatic rings. The Labute approximate surface area is 81.1 Å². The Hall–Kier alpha value is -1.03. The Morgan fingerprint density at radius 3 is 3.08 bits per heavy atom. The highest BCUT2D eigenvalue weighted by Gasteiger charge is 2.20. The monoisotopic (exact) mass is 194 g/mol. The van der Waals surface area contributed by atoms with Gasteiger partial charge in [-0.05, 0) is 12.1 Å². The van der Waals surface area contributed by atoms with Crippen molar-refractivity contribution in [3.63, 3.8) is 0 Å². The third kappa shape index (κ3) is 1.83. The molecule has 4 heteroatoms. The summed E-state index contributed by atoms with van der Waals surface area (Å²) in [7, 11) is 0. The SMILES string of the molecule is O=C(c1ccccn1)N1CCSC1. The molecule has 2 heterocycles. The summed E-state index contributed by atoms with van der Waals surface area (Å²) >= 11 is 1.78. The third-order valence-electron chi connectivity index (χ3n) is 1.92. The summed E-state index contributed by atoms with van der Waals surface area (Å²) in [4.78, 5) is 17.5. The highest BCUT2D eigenvalue weighted by Crippen LogP contribution is 2.15. The van der Waals surface area contributed by atoms with E-state index in [0.717, 1.165) is 18.2 Å². The number of hydrogen-bond acceptors (Lipinski definition) is 3. The van der Waals surface area contributed by atoms with Crippen LogP contribution in [0.4, 0.5) is 0 Å². The fraction of sp³-hybridized carbons (Fsp3) is 0.333. The zero-order valence-electron chi connectivity index (χ0n) is 7.14. The van der Waals surface area contributed by atoms with Crippen LogP contribution in [0, 0.1) is 0 Å². The topological polar surface area (TPSA) is 33.2 Å². The maximum Gasteiger partial charge on any atom is 0.273 e. The fourth-order valence-corrected chi connectivity index (χ4v) is 2.17. The second kappa shape index (κ2) is 3.79. The molecule has 13 heavy (non-hydrogen) atoms. The standard InChI is InChI=1S/C9H10N2OS/c12-9(11-5-6-13-7-11)8-3-1-2-4-10-8/h1-4H,5-7H2. The van der Waals surface area contributed by atoms with Crippen LogP contribution in [-0.2, 0) is 0 Å². The molecule has 0 aromatic carbocycles. The largest absolute Gasteiger partial charge is 0.327 e. The van der Waals surface area contributed by atoms with E-state index in [1.165, 1.54) is 0 Å². The minimum atomic E-state index is 0.0469. The molecule has 0 atom stereocenters. The highest BCUT2D eigenvalue weighted by molar-refractivity contribution is 7.99. The molecule has 68 valence electrons. The van der Waals surface area contributed by atoms with E-state index < -0.39 is 0 Å². The molecule has 0 N–H and O–H groups in total. The van der Waals surface area contributed by atoms with Crippen LogP contribution in [0.5, 0.6) is 0 Å². The molecule has 3 nitrogen and oxygen atoms in total. The molecule has 0 radical (unpaired) electrons. The molecule has 0 spiro atoms. The van der Waals surface area contributed by atoms with Crippen LogP contribution in [0.25, 0.3) is 0 Å². The number of pyridine rings is 1. The number of aromatic nitrogens is 1. The van der Waals surface area contributed by atoms with Gasteiger partial charge in [0.2, 0.25) is 0 Å². The van der Waals surface area contributed by atoms with Crippen LogP contribution >= 0.6 is 11.8 Å². The minimum Gasteiger partial charge on any atom is -0.327 e. The Kier molecular flexibility index (Phi) is 2.49. The van der Waals surface area contributed by atoms with E-state index in [-0.39, 0.29) is 5.91 Å². The lowest BCUT2D eigenvalue weighted by molar-refractivity contribution is 0.0797. The molecular weight excluding hydrogens is 184 g/mol. The second-order valence-electron chi connectivity index (χ2n) is 2.82. The van der Waals surface area contributed by atoms with E-state index in [4.69, 9.17) is 0 Å². The summed E-state index contributed by atoms with van der Waals surface area (Å²) in [6, 6.07) is 5.41. The summed E-state index contributed by atoms with van der Waals surface area (Å²) in [5, 5.41) is 0. The number of hydrogen-bond donors (Lipinski definition) is 0. The van der Waals surface area contributed by atoms with Gasteiger partial charge in [0.15, 0.2) is 0 Å². The molecular formula is C9H10N2OS. The van der Waals surface area contributed by atoms with Gasteiger partial charge in [-0.3, -0.25) is 9.78 Å². The van der Waals surface area contributed by atoms with E-state index in [2.05, 4.69) is 4.98 Å². The molecule has 1 aliphatic heterocycles. The minimum absolute atomic E-state index is 0.0469. The predicted octanol–water partition coefficient (Wildman–Crippen LogP) is 1.23. The Morgan fingerprint density at radius 1 is 1.54 bits per heavy atom. The second-order valence-corrected chi connectivity index (χ2v) is 3.90. The first-order valence-corrected chi connectivity index (χ1v) is 5.31.